The Morgan fingerprint density at radius 2 is 0.846 bits per heavy atom. The van der Waals surface area contributed by atoms with Gasteiger partial charge in [0, 0.05) is 5.92 Å². The van der Waals surface area contributed by atoms with Gasteiger partial charge in [-0.25, -0.2) is 0 Å². The minimum atomic E-state index is 0.201. The third-order valence-electron chi connectivity index (χ3n) is 5.54. The lowest BCUT2D eigenvalue weighted by Crippen LogP contribution is -2.11. The molecule has 0 saturated heterocycles. The number of benzene rings is 2. The zero-order chi connectivity index (χ0) is 19.1. The molecule has 0 saturated carbocycles. The maximum Gasteiger partial charge on any atom is 0.00728 e. The molecular formula is C26H32. The molecule has 0 aromatic heterocycles. The van der Waals surface area contributed by atoms with Crippen molar-refractivity contribution in [1.82, 2.24) is 0 Å². The van der Waals surface area contributed by atoms with Crippen molar-refractivity contribution < 1.29 is 0 Å². The van der Waals surface area contributed by atoms with Crippen LogP contribution in [0.5, 0.6) is 0 Å². The molecule has 0 fully saturated rings. The highest BCUT2D eigenvalue weighted by Gasteiger charge is 2.22. The third-order valence-corrected chi connectivity index (χ3v) is 5.54. The maximum atomic E-state index is 2.32. The molecule has 2 aromatic carbocycles. The lowest BCUT2D eigenvalue weighted by molar-refractivity contribution is 0.590. The fourth-order valence-corrected chi connectivity index (χ4v) is 3.65. The molecule has 0 nitrogen and oxygen atoms in total. The molecule has 0 heteroatoms. The summed E-state index contributed by atoms with van der Waals surface area (Å²) < 4.78 is 0. The van der Waals surface area contributed by atoms with Crippen molar-refractivity contribution in [3.8, 4) is 0 Å². The molecule has 0 amide bonds. The molecule has 136 valence electrons. The lowest BCUT2D eigenvalue weighted by Gasteiger charge is -2.21. The normalized spacial score (nSPS) is 15.8. The molecule has 26 heavy (non-hydrogen) atoms. The fourth-order valence-electron chi connectivity index (χ4n) is 3.65. The largest absolute Gasteiger partial charge is 0.0579 e. The first-order chi connectivity index (χ1) is 12.1. The Hall–Kier alpha value is -2.08. The Balaban J connectivity index is 1.80. The van der Waals surface area contributed by atoms with Gasteiger partial charge >= 0.3 is 0 Å². The molecule has 0 radical (unpaired) electrons. The van der Waals surface area contributed by atoms with Crippen molar-refractivity contribution in [3.05, 3.63) is 82.9 Å². The number of allylic oxidation sites excluding steroid dienone is 4. The first kappa shape index (κ1) is 18.7. The highest BCUT2D eigenvalue weighted by atomic mass is 14.3. The van der Waals surface area contributed by atoms with E-state index in [0.29, 0.717) is 5.92 Å². The van der Waals surface area contributed by atoms with Gasteiger partial charge in [0.1, 0.15) is 0 Å². The van der Waals surface area contributed by atoms with Crippen LogP contribution in [0, 0.1) is 5.92 Å². The Morgan fingerprint density at radius 3 is 1.12 bits per heavy atom. The SMILES string of the molecule is CC1C(c2ccc(C(C)(C)C)cc2)=CC=C1c1ccc(C(C)(C)C)cc1. The van der Waals surface area contributed by atoms with Crippen LogP contribution in [0.15, 0.2) is 60.7 Å². The Bertz CT molecular complexity index is 755. The van der Waals surface area contributed by atoms with Crippen LogP contribution in [0.4, 0.5) is 0 Å². The summed E-state index contributed by atoms with van der Waals surface area (Å²) in [5.41, 5.74) is 8.68. The number of hydrogen-bond donors (Lipinski definition) is 0. The van der Waals surface area contributed by atoms with Gasteiger partial charge in [-0.3, -0.25) is 0 Å². The predicted octanol–water partition coefficient (Wildman–Crippen LogP) is 7.40. The lowest BCUT2D eigenvalue weighted by atomic mass is 9.83. The second-order valence-corrected chi connectivity index (χ2v) is 9.62. The zero-order valence-electron chi connectivity index (χ0n) is 17.4. The smallest absolute Gasteiger partial charge is 0.00728 e. The molecule has 1 aliphatic carbocycles. The second kappa shape index (κ2) is 6.58. The average molecular weight is 345 g/mol. The van der Waals surface area contributed by atoms with Crippen LogP contribution < -0.4 is 0 Å². The van der Waals surface area contributed by atoms with Crippen molar-refractivity contribution in [2.45, 2.75) is 59.3 Å². The summed E-state index contributed by atoms with van der Waals surface area (Å²) in [7, 11) is 0. The van der Waals surface area contributed by atoms with E-state index in [1.165, 1.54) is 33.4 Å². The van der Waals surface area contributed by atoms with Crippen LogP contribution in [0.2, 0.25) is 0 Å². The van der Waals surface area contributed by atoms with Gasteiger partial charge in [0.2, 0.25) is 0 Å². The molecule has 0 unspecified atom stereocenters. The standard InChI is InChI=1S/C26H32/c1-18-23(19-8-12-21(13-9-19)25(2,3)4)16-17-24(18)20-10-14-22(15-11-20)26(5,6)7/h8-18H,1-7H3. The van der Waals surface area contributed by atoms with Crippen molar-refractivity contribution in [3.63, 3.8) is 0 Å². The van der Waals surface area contributed by atoms with Crippen LogP contribution in [-0.2, 0) is 10.8 Å². The fraction of sp³-hybridized carbons (Fsp3) is 0.385. The van der Waals surface area contributed by atoms with E-state index in [1.54, 1.807) is 0 Å². The Kier molecular flexibility index (Phi) is 4.73. The minimum absolute atomic E-state index is 0.201. The summed E-state index contributed by atoms with van der Waals surface area (Å²) in [6, 6.07) is 18.2. The van der Waals surface area contributed by atoms with E-state index in [9.17, 15) is 0 Å². The van der Waals surface area contributed by atoms with Gasteiger partial charge in [0.05, 0.1) is 0 Å². The molecule has 2 aromatic rings. The summed E-state index contributed by atoms with van der Waals surface area (Å²) in [6.07, 6.45) is 4.59. The van der Waals surface area contributed by atoms with Gasteiger partial charge in [-0.1, -0.05) is 109 Å². The van der Waals surface area contributed by atoms with Gasteiger partial charge in [0.15, 0.2) is 0 Å². The van der Waals surface area contributed by atoms with Gasteiger partial charge < -0.3 is 0 Å². The molecule has 0 bridgehead atoms. The van der Waals surface area contributed by atoms with Gasteiger partial charge in [-0.15, -0.1) is 0 Å². The van der Waals surface area contributed by atoms with E-state index >= 15 is 0 Å². The quantitative estimate of drug-likeness (QED) is 0.532. The van der Waals surface area contributed by atoms with Crippen molar-refractivity contribution in [2.75, 3.05) is 0 Å². The molecule has 1 aliphatic rings. The van der Waals surface area contributed by atoms with Crippen molar-refractivity contribution >= 4 is 11.1 Å². The molecular weight excluding hydrogens is 312 g/mol. The highest BCUT2D eigenvalue weighted by molar-refractivity contribution is 5.89. The van der Waals surface area contributed by atoms with Crippen molar-refractivity contribution in [1.29, 1.82) is 0 Å². The van der Waals surface area contributed by atoms with E-state index in [4.69, 9.17) is 0 Å². The summed E-state index contributed by atoms with van der Waals surface area (Å²) in [5.74, 6) is 0.427. The summed E-state index contributed by atoms with van der Waals surface area (Å²) in [5, 5.41) is 0. The summed E-state index contributed by atoms with van der Waals surface area (Å²) in [4.78, 5) is 0. The van der Waals surface area contributed by atoms with E-state index in [1.807, 2.05) is 0 Å². The van der Waals surface area contributed by atoms with Gasteiger partial charge in [-0.05, 0) is 44.2 Å². The van der Waals surface area contributed by atoms with Crippen LogP contribution in [-0.4, -0.2) is 0 Å². The van der Waals surface area contributed by atoms with E-state index in [0.717, 1.165) is 0 Å². The summed E-state index contributed by atoms with van der Waals surface area (Å²) in [6.45, 7) is 15.9. The van der Waals surface area contributed by atoms with Gasteiger partial charge in [0.25, 0.3) is 0 Å². The summed E-state index contributed by atoms with van der Waals surface area (Å²) >= 11 is 0. The molecule has 3 rings (SSSR count). The first-order valence-electron chi connectivity index (χ1n) is 9.71. The van der Waals surface area contributed by atoms with Crippen molar-refractivity contribution in [2.24, 2.45) is 5.92 Å². The third kappa shape index (κ3) is 3.70. The number of hydrogen-bond acceptors (Lipinski definition) is 0. The average Bonchev–Trinajstić information content (AvgIpc) is 2.95. The topological polar surface area (TPSA) is 0 Å². The molecule has 0 N–H and O–H groups in total. The molecule has 0 spiro atoms. The first-order valence-corrected chi connectivity index (χ1v) is 9.71. The highest BCUT2D eigenvalue weighted by Crippen LogP contribution is 2.40. The molecule has 0 atom stereocenters. The van der Waals surface area contributed by atoms with Crippen LogP contribution in [0.1, 0.15) is 70.7 Å². The van der Waals surface area contributed by atoms with E-state index in [-0.39, 0.29) is 10.8 Å². The minimum Gasteiger partial charge on any atom is -0.0579 e. The van der Waals surface area contributed by atoms with Crippen LogP contribution in [0.25, 0.3) is 11.1 Å². The second-order valence-electron chi connectivity index (χ2n) is 9.62. The monoisotopic (exact) mass is 344 g/mol. The molecule has 0 aliphatic heterocycles. The Labute approximate surface area is 159 Å². The van der Waals surface area contributed by atoms with E-state index in [2.05, 4.69) is 109 Å². The number of rotatable bonds is 2. The maximum absolute atomic E-state index is 2.32. The van der Waals surface area contributed by atoms with E-state index < -0.39 is 0 Å². The predicted molar refractivity (Wildman–Crippen MR) is 115 cm³/mol. The Morgan fingerprint density at radius 1 is 0.538 bits per heavy atom. The van der Waals surface area contributed by atoms with Crippen LogP contribution >= 0.6 is 0 Å². The zero-order valence-corrected chi connectivity index (χ0v) is 17.4. The van der Waals surface area contributed by atoms with Gasteiger partial charge in [-0.2, -0.15) is 0 Å². The van der Waals surface area contributed by atoms with Crippen LogP contribution in [0.3, 0.4) is 0 Å². The molecule has 0 heterocycles.